The second-order valence-corrected chi connectivity index (χ2v) is 5.42. The summed E-state index contributed by atoms with van der Waals surface area (Å²) in [7, 11) is 0. The maximum atomic E-state index is 11.7. The van der Waals surface area contributed by atoms with Crippen molar-refractivity contribution in [3.8, 4) is 0 Å². The van der Waals surface area contributed by atoms with Gasteiger partial charge in [-0.2, -0.15) is 0 Å². The van der Waals surface area contributed by atoms with Gasteiger partial charge in [0.1, 0.15) is 5.69 Å². The summed E-state index contributed by atoms with van der Waals surface area (Å²) in [5.74, 6) is 0.474. The number of aromatic amines is 1. The lowest BCUT2D eigenvalue weighted by atomic mass is 10.0. The monoisotopic (exact) mass is 313 g/mol. The molecule has 18 heavy (non-hydrogen) atoms. The number of hydrogen-bond donors (Lipinski definition) is 3. The highest BCUT2D eigenvalue weighted by Gasteiger charge is 2.16. The quantitative estimate of drug-likeness (QED) is 0.788. The van der Waals surface area contributed by atoms with Gasteiger partial charge < -0.3 is 15.6 Å². The van der Waals surface area contributed by atoms with Crippen molar-refractivity contribution in [2.24, 2.45) is 5.92 Å². The number of pyridine rings is 1. The van der Waals surface area contributed by atoms with Crippen molar-refractivity contribution in [2.45, 2.75) is 19.3 Å². The van der Waals surface area contributed by atoms with E-state index in [1.807, 2.05) is 0 Å². The van der Waals surface area contributed by atoms with Gasteiger partial charge in [-0.05, 0) is 53.8 Å². The zero-order valence-corrected chi connectivity index (χ0v) is 11.5. The SMILES string of the molecule is O=C(CCC1CCNC1)Nc1cc(Br)c[nH]c1=O. The van der Waals surface area contributed by atoms with Crippen molar-refractivity contribution >= 4 is 27.5 Å². The van der Waals surface area contributed by atoms with E-state index in [0.29, 0.717) is 18.0 Å². The Labute approximate surface area is 113 Å². The van der Waals surface area contributed by atoms with Gasteiger partial charge in [0.2, 0.25) is 5.91 Å². The molecule has 1 aliphatic rings. The van der Waals surface area contributed by atoms with E-state index < -0.39 is 0 Å². The van der Waals surface area contributed by atoms with Gasteiger partial charge in [0.25, 0.3) is 5.56 Å². The number of carbonyl (C=O) groups is 1. The molecule has 0 aliphatic carbocycles. The average Bonchev–Trinajstić information content (AvgIpc) is 2.84. The Morgan fingerprint density at radius 3 is 3.11 bits per heavy atom. The van der Waals surface area contributed by atoms with Gasteiger partial charge in [0.15, 0.2) is 0 Å². The van der Waals surface area contributed by atoms with Crippen molar-refractivity contribution in [3.63, 3.8) is 0 Å². The maximum absolute atomic E-state index is 11.7. The third kappa shape index (κ3) is 3.68. The highest BCUT2D eigenvalue weighted by atomic mass is 79.9. The molecule has 1 aromatic rings. The Morgan fingerprint density at radius 2 is 2.39 bits per heavy atom. The number of rotatable bonds is 4. The molecular weight excluding hydrogens is 298 g/mol. The maximum Gasteiger partial charge on any atom is 0.271 e. The van der Waals surface area contributed by atoms with E-state index in [1.54, 1.807) is 12.3 Å². The molecule has 0 aromatic carbocycles. The molecule has 0 spiro atoms. The summed E-state index contributed by atoms with van der Waals surface area (Å²) in [6.07, 6.45) is 4.00. The predicted molar refractivity (Wildman–Crippen MR) is 73.6 cm³/mol. The Bertz CT molecular complexity index is 480. The van der Waals surface area contributed by atoms with Crippen molar-refractivity contribution in [1.29, 1.82) is 0 Å². The molecular formula is C12H16BrN3O2. The average molecular weight is 314 g/mol. The zero-order valence-electron chi connectivity index (χ0n) is 9.96. The molecule has 1 aliphatic heterocycles. The molecule has 5 nitrogen and oxygen atoms in total. The summed E-state index contributed by atoms with van der Waals surface area (Å²) < 4.78 is 0.734. The van der Waals surface area contributed by atoms with Gasteiger partial charge in [-0.3, -0.25) is 9.59 Å². The number of aromatic nitrogens is 1. The van der Waals surface area contributed by atoms with Crippen LogP contribution in [0.3, 0.4) is 0 Å². The summed E-state index contributed by atoms with van der Waals surface area (Å²) in [5, 5.41) is 5.91. The Morgan fingerprint density at radius 1 is 1.56 bits per heavy atom. The fourth-order valence-corrected chi connectivity index (χ4v) is 2.40. The fourth-order valence-electron chi connectivity index (χ4n) is 2.06. The van der Waals surface area contributed by atoms with Gasteiger partial charge in [-0.15, -0.1) is 0 Å². The zero-order chi connectivity index (χ0) is 13.0. The van der Waals surface area contributed by atoms with Crippen LogP contribution in [0.25, 0.3) is 0 Å². The molecule has 1 atom stereocenters. The first kappa shape index (κ1) is 13.3. The van der Waals surface area contributed by atoms with E-state index in [4.69, 9.17) is 0 Å². The third-order valence-corrected chi connectivity index (χ3v) is 3.54. The summed E-state index contributed by atoms with van der Waals surface area (Å²) in [5.41, 5.74) is 0.00741. The van der Waals surface area contributed by atoms with Gasteiger partial charge >= 0.3 is 0 Å². The highest BCUT2D eigenvalue weighted by Crippen LogP contribution is 2.15. The van der Waals surface area contributed by atoms with E-state index in [0.717, 1.165) is 30.4 Å². The van der Waals surface area contributed by atoms with Gasteiger partial charge in [-0.25, -0.2) is 0 Å². The molecule has 1 aromatic heterocycles. The molecule has 2 rings (SSSR count). The first-order valence-corrected chi connectivity index (χ1v) is 6.83. The predicted octanol–water partition coefficient (Wildman–Crippen LogP) is 1.47. The lowest BCUT2D eigenvalue weighted by Gasteiger charge is -2.08. The summed E-state index contributed by atoms with van der Waals surface area (Å²) >= 11 is 3.25. The lowest BCUT2D eigenvalue weighted by molar-refractivity contribution is -0.116. The molecule has 2 heterocycles. The third-order valence-electron chi connectivity index (χ3n) is 3.08. The lowest BCUT2D eigenvalue weighted by Crippen LogP contribution is -2.20. The summed E-state index contributed by atoms with van der Waals surface area (Å²) in [6, 6.07) is 1.61. The van der Waals surface area contributed by atoms with E-state index in [2.05, 4.69) is 31.5 Å². The van der Waals surface area contributed by atoms with Crippen molar-refractivity contribution in [1.82, 2.24) is 10.3 Å². The molecule has 0 bridgehead atoms. The largest absolute Gasteiger partial charge is 0.326 e. The fraction of sp³-hybridized carbons (Fsp3) is 0.500. The summed E-state index contributed by atoms with van der Waals surface area (Å²) in [4.78, 5) is 25.7. The van der Waals surface area contributed by atoms with E-state index >= 15 is 0 Å². The van der Waals surface area contributed by atoms with E-state index in [9.17, 15) is 9.59 Å². The standard InChI is InChI=1S/C12H16BrN3O2/c13-9-5-10(12(18)15-7-9)16-11(17)2-1-8-3-4-14-6-8/h5,7-8,14H,1-4,6H2,(H,15,18)(H,16,17). The van der Waals surface area contributed by atoms with Crippen LogP contribution in [0.1, 0.15) is 19.3 Å². The molecule has 3 N–H and O–H groups in total. The minimum Gasteiger partial charge on any atom is -0.326 e. The second-order valence-electron chi connectivity index (χ2n) is 4.51. The number of carbonyl (C=O) groups excluding carboxylic acids is 1. The molecule has 98 valence electrons. The van der Waals surface area contributed by atoms with E-state index in [-0.39, 0.29) is 11.5 Å². The molecule has 1 unspecified atom stereocenters. The number of H-pyrrole nitrogens is 1. The molecule has 1 amide bonds. The normalized spacial score (nSPS) is 18.8. The number of anilines is 1. The van der Waals surface area contributed by atoms with Crippen LogP contribution in [0.5, 0.6) is 0 Å². The van der Waals surface area contributed by atoms with Crippen LogP contribution in [0.2, 0.25) is 0 Å². The molecule has 0 saturated carbocycles. The number of halogens is 1. The molecule has 0 radical (unpaired) electrons. The van der Waals surface area contributed by atoms with Gasteiger partial charge in [-0.1, -0.05) is 0 Å². The summed E-state index contributed by atoms with van der Waals surface area (Å²) in [6.45, 7) is 2.03. The van der Waals surface area contributed by atoms with Crippen molar-refractivity contribution in [3.05, 3.63) is 27.1 Å². The molecule has 1 saturated heterocycles. The van der Waals surface area contributed by atoms with Crippen LogP contribution in [-0.4, -0.2) is 24.0 Å². The van der Waals surface area contributed by atoms with Crippen LogP contribution in [0.4, 0.5) is 5.69 Å². The van der Waals surface area contributed by atoms with Gasteiger partial charge in [0, 0.05) is 17.1 Å². The van der Waals surface area contributed by atoms with Crippen LogP contribution >= 0.6 is 15.9 Å². The highest BCUT2D eigenvalue weighted by molar-refractivity contribution is 9.10. The minimum absolute atomic E-state index is 0.106. The van der Waals surface area contributed by atoms with Crippen molar-refractivity contribution in [2.75, 3.05) is 18.4 Å². The van der Waals surface area contributed by atoms with Crippen molar-refractivity contribution < 1.29 is 4.79 Å². The van der Waals surface area contributed by atoms with Crippen LogP contribution in [-0.2, 0) is 4.79 Å². The first-order valence-electron chi connectivity index (χ1n) is 6.04. The van der Waals surface area contributed by atoms with Gasteiger partial charge in [0.05, 0.1) is 0 Å². The first-order chi connectivity index (χ1) is 8.65. The smallest absolute Gasteiger partial charge is 0.271 e. The minimum atomic E-state index is -0.283. The Balaban J connectivity index is 1.86. The second kappa shape index (κ2) is 6.15. The Hall–Kier alpha value is -1.14. The van der Waals surface area contributed by atoms with E-state index in [1.165, 1.54) is 0 Å². The molecule has 1 fully saturated rings. The topological polar surface area (TPSA) is 74.0 Å². The number of nitrogens with one attached hydrogen (secondary N) is 3. The van der Waals surface area contributed by atoms with Crippen LogP contribution in [0.15, 0.2) is 21.5 Å². The number of hydrogen-bond acceptors (Lipinski definition) is 3. The molecule has 6 heteroatoms. The number of amides is 1. The van der Waals surface area contributed by atoms with Crippen LogP contribution in [0, 0.1) is 5.92 Å². The Kier molecular flexibility index (Phi) is 4.54. The van der Waals surface area contributed by atoms with Crippen LogP contribution < -0.4 is 16.2 Å².